The molecular formula is C22H20F4N6O2. The number of halogens is 4. The lowest BCUT2D eigenvalue weighted by Gasteiger charge is -2.61. The number of urea groups is 1. The topological polar surface area (TPSA) is 97.0 Å². The van der Waals surface area contributed by atoms with Gasteiger partial charge in [0.25, 0.3) is 0 Å². The normalized spacial score (nSPS) is 24.0. The number of amides is 2. The Morgan fingerprint density at radius 1 is 1.21 bits per heavy atom. The Kier molecular flexibility index (Phi) is 5.06. The van der Waals surface area contributed by atoms with E-state index in [4.69, 9.17) is 4.42 Å². The third-order valence-corrected chi connectivity index (χ3v) is 6.34. The minimum Gasteiger partial charge on any atom is -0.423 e. The Balaban J connectivity index is 1.47. The van der Waals surface area contributed by atoms with Crippen LogP contribution in [-0.2, 0) is 11.7 Å². The number of anilines is 1. The highest BCUT2D eigenvalue weighted by Crippen LogP contribution is 2.55. The largest absolute Gasteiger partial charge is 0.423 e. The van der Waals surface area contributed by atoms with Gasteiger partial charge in [-0.1, -0.05) is 6.92 Å². The third kappa shape index (κ3) is 3.66. The molecule has 2 aromatic heterocycles. The van der Waals surface area contributed by atoms with Gasteiger partial charge in [-0.2, -0.15) is 13.2 Å². The summed E-state index contributed by atoms with van der Waals surface area (Å²) in [5.74, 6) is -0.00341. The number of nitrogens with zero attached hydrogens (tertiary/aromatic N) is 5. The second kappa shape index (κ2) is 7.74. The molecule has 1 saturated heterocycles. The zero-order chi connectivity index (χ0) is 24.3. The summed E-state index contributed by atoms with van der Waals surface area (Å²) in [5, 5.41) is 10.7. The molecule has 3 heterocycles. The van der Waals surface area contributed by atoms with Gasteiger partial charge in [-0.3, -0.25) is 0 Å². The SMILES string of the molecule is Cc1nnc(C23CC(C[C@@H](C)C2)N3C(=O)Nc2ccc(C(F)(F)F)c(-c3ncc(F)cn3)c2)o1. The van der Waals surface area contributed by atoms with E-state index in [2.05, 4.69) is 32.4 Å². The summed E-state index contributed by atoms with van der Waals surface area (Å²) in [4.78, 5) is 22.3. The number of rotatable bonds is 3. The summed E-state index contributed by atoms with van der Waals surface area (Å²) in [7, 11) is 0. The number of hydrogen-bond acceptors (Lipinski definition) is 6. The number of fused-ring (bicyclic) bond motifs is 2. The second-order valence-electron chi connectivity index (χ2n) is 8.84. The highest BCUT2D eigenvalue weighted by molar-refractivity contribution is 5.92. The first kappa shape index (κ1) is 22.2. The Morgan fingerprint density at radius 3 is 2.59 bits per heavy atom. The smallest absolute Gasteiger partial charge is 0.417 e. The second-order valence-corrected chi connectivity index (χ2v) is 8.84. The molecule has 1 aliphatic heterocycles. The summed E-state index contributed by atoms with van der Waals surface area (Å²) in [6.45, 7) is 3.76. The van der Waals surface area contributed by atoms with E-state index in [-0.39, 0.29) is 23.1 Å². The number of piperidine rings is 1. The zero-order valence-electron chi connectivity index (χ0n) is 18.2. The van der Waals surface area contributed by atoms with Crippen molar-refractivity contribution in [3.63, 3.8) is 0 Å². The summed E-state index contributed by atoms with van der Waals surface area (Å²) in [5.41, 5.74) is -1.99. The first-order chi connectivity index (χ1) is 16.1. The third-order valence-electron chi connectivity index (χ3n) is 6.34. The number of alkyl halides is 3. The van der Waals surface area contributed by atoms with Gasteiger partial charge in [0.15, 0.2) is 11.6 Å². The fourth-order valence-electron chi connectivity index (χ4n) is 5.12. The zero-order valence-corrected chi connectivity index (χ0v) is 18.2. The molecule has 1 aliphatic carbocycles. The highest BCUT2D eigenvalue weighted by atomic mass is 19.4. The maximum atomic E-state index is 13.6. The molecule has 34 heavy (non-hydrogen) atoms. The van der Waals surface area contributed by atoms with E-state index in [0.29, 0.717) is 30.5 Å². The van der Waals surface area contributed by atoms with Gasteiger partial charge in [-0.15, -0.1) is 10.2 Å². The quantitative estimate of drug-likeness (QED) is 0.539. The van der Waals surface area contributed by atoms with Gasteiger partial charge in [0.1, 0.15) is 5.54 Å². The van der Waals surface area contributed by atoms with Crippen LogP contribution in [0.5, 0.6) is 0 Å². The van der Waals surface area contributed by atoms with Crippen molar-refractivity contribution in [2.45, 2.75) is 50.9 Å². The van der Waals surface area contributed by atoms with Crippen LogP contribution in [0.3, 0.4) is 0 Å². The van der Waals surface area contributed by atoms with Crippen LogP contribution in [0.1, 0.15) is 43.5 Å². The van der Waals surface area contributed by atoms with Crippen molar-refractivity contribution in [2.75, 3.05) is 5.32 Å². The molecule has 2 bridgehead atoms. The van der Waals surface area contributed by atoms with Gasteiger partial charge in [-0.25, -0.2) is 19.2 Å². The fraction of sp³-hybridized carbons (Fsp3) is 0.409. The summed E-state index contributed by atoms with van der Waals surface area (Å²) in [6.07, 6.45) is -1.02. The first-order valence-electron chi connectivity index (χ1n) is 10.7. The molecule has 2 amide bonds. The molecule has 5 rings (SSSR count). The predicted octanol–water partition coefficient (Wildman–Crippen LogP) is 4.92. The van der Waals surface area contributed by atoms with Crippen molar-refractivity contribution in [2.24, 2.45) is 5.92 Å². The van der Waals surface area contributed by atoms with Gasteiger partial charge in [0, 0.05) is 30.6 Å². The number of aromatic nitrogens is 4. The van der Waals surface area contributed by atoms with Crippen LogP contribution in [0.15, 0.2) is 35.0 Å². The van der Waals surface area contributed by atoms with Crippen LogP contribution < -0.4 is 5.32 Å². The molecule has 178 valence electrons. The molecule has 2 aliphatic rings. The number of aryl methyl sites for hydroxylation is 1. The molecule has 3 aromatic rings. The van der Waals surface area contributed by atoms with E-state index < -0.39 is 29.1 Å². The molecule has 2 fully saturated rings. The lowest BCUT2D eigenvalue weighted by molar-refractivity contribution is -0.137. The molecule has 1 aromatic carbocycles. The summed E-state index contributed by atoms with van der Waals surface area (Å²) >= 11 is 0. The van der Waals surface area contributed by atoms with Crippen LogP contribution in [-0.4, -0.2) is 37.1 Å². The van der Waals surface area contributed by atoms with Crippen LogP contribution in [0, 0.1) is 18.7 Å². The van der Waals surface area contributed by atoms with Gasteiger partial charge in [0.05, 0.1) is 18.0 Å². The molecule has 0 spiro atoms. The molecule has 1 saturated carbocycles. The van der Waals surface area contributed by atoms with E-state index in [9.17, 15) is 22.4 Å². The average Bonchev–Trinajstić information content (AvgIpc) is 3.19. The number of carbonyl (C=O) groups excluding carboxylic acids is 1. The van der Waals surface area contributed by atoms with Crippen LogP contribution in [0.4, 0.5) is 28.0 Å². The van der Waals surface area contributed by atoms with Gasteiger partial charge >= 0.3 is 12.2 Å². The van der Waals surface area contributed by atoms with Gasteiger partial charge in [-0.05, 0) is 37.0 Å². The molecular weight excluding hydrogens is 456 g/mol. The van der Waals surface area contributed by atoms with Crippen LogP contribution >= 0.6 is 0 Å². The van der Waals surface area contributed by atoms with E-state index in [0.717, 1.165) is 37.0 Å². The maximum Gasteiger partial charge on any atom is 0.417 e. The lowest BCUT2D eigenvalue weighted by Crippen LogP contribution is -2.70. The van der Waals surface area contributed by atoms with Crippen molar-refractivity contribution < 1.29 is 26.8 Å². The van der Waals surface area contributed by atoms with E-state index in [1.165, 1.54) is 0 Å². The van der Waals surface area contributed by atoms with Gasteiger partial charge < -0.3 is 14.6 Å². The van der Waals surface area contributed by atoms with Crippen LogP contribution in [0.2, 0.25) is 0 Å². The minimum absolute atomic E-state index is 0.0506. The van der Waals surface area contributed by atoms with Crippen molar-refractivity contribution in [1.82, 2.24) is 25.1 Å². The van der Waals surface area contributed by atoms with Crippen molar-refractivity contribution >= 4 is 11.7 Å². The van der Waals surface area contributed by atoms with E-state index in [1.807, 2.05) is 0 Å². The molecule has 8 nitrogen and oxygen atoms in total. The summed E-state index contributed by atoms with van der Waals surface area (Å²) < 4.78 is 59.6. The lowest BCUT2D eigenvalue weighted by atomic mass is 9.64. The number of carbonyl (C=O) groups is 1. The number of hydrogen-bond donors (Lipinski definition) is 1. The standard InChI is InChI=1S/C22H20F4N6O2/c1-11-5-15-8-21(7-11,19-31-30-12(2)34-19)32(15)20(33)29-14-3-4-17(22(24,25)26)16(6-14)18-27-9-13(23)10-28-18/h3-4,6,9-11,15H,5,7-8H2,1-2H3,(H,29,33)/t11-,15?,21?/m1/s1. The maximum absolute atomic E-state index is 13.6. The Bertz CT molecular complexity index is 1240. The van der Waals surface area contributed by atoms with E-state index in [1.54, 1.807) is 11.8 Å². The molecule has 1 N–H and O–H groups in total. The van der Waals surface area contributed by atoms with Gasteiger partial charge in [0.2, 0.25) is 11.8 Å². The fourth-order valence-corrected chi connectivity index (χ4v) is 5.12. The highest BCUT2D eigenvalue weighted by Gasteiger charge is 2.62. The van der Waals surface area contributed by atoms with Crippen molar-refractivity contribution in [3.8, 4) is 11.4 Å². The van der Waals surface area contributed by atoms with E-state index >= 15 is 0 Å². The minimum atomic E-state index is -4.69. The molecule has 0 radical (unpaired) electrons. The monoisotopic (exact) mass is 476 g/mol. The van der Waals surface area contributed by atoms with Crippen molar-refractivity contribution in [3.05, 3.63) is 53.8 Å². The molecule has 12 heteroatoms. The number of likely N-dealkylation sites (tertiary alicyclic amines) is 1. The molecule has 2 unspecified atom stereocenters. The summed E-state index contributed by atoms with van der Waals surface area (Å²) in [6, 6.07) is 2.61. The van der Waals surface area contributed by atoms with Crippen molar-refractivity contribution in [1.29, 1.82) is 0 Å². The number of benzene rings is 1. The number of nitrogens with one attached hydrogen (secondary N) is 1. The average molecular weight is 476 g/mol. The Labute approximate surface area is 191 Å². The predicted molar refractivity (Wildman–Crippen MR) is 111 cm³/mol. The molecule has 3 atom stereocenters. The Hall–Kier alpha value is -3.57. The van der Waals surface area contributed by atoms with Crippen LogP contribution in [0.25, 0.3) is 11.4 Å². The first-order valence-corrected chi connectivity index (χ1v) is 10.7. The Morgan fingerprint density at radius 2 is 1.94 bits per heavy atom.